The van der Waals surface area contributed by atoms with E-state index in [-0.39, 0.29) is 17.9 Å². The van der Waals surface area contributed by atoms with E-state index in [4.69, 9.17) is 9.47 Å². The topological polar surface area (TPSA) is 84.9 Å². The van der Waals surface area contributed by atoms with E-state index >= 15 is 0 Å². The zero-order chi connectivity index (χ0) is 23.0. The minimum atomic E-state index is -0.883. The van der Waals surface area contributed by atoms with Crippen LogP contribution in [-0.4, -0.2) is 43.6 Å². The standard InChI is InChI=1S/C24H30N2O5/c1-16(2)22(25-23(28)18-11-13-20(30-5)14-12-18)24(29)31-15-21(27)26(17(3)4)19-9-7-6-8-10-19/h6-14,16-17,22H,15H2,1-5H3,(H,25,28)/t22-/m0/s1. The summed E-state index contributed by atoms with van der Waals surface area (Å²) >= 11 is 0. The molecule has 1 atom stereocenters. The number of amides is 2. The van der Waals surface area contributed by atoms with E-state index in [1.807, 2.05) is 44.2 Å². The van der Waals surface area contributed by atoms with Crippen molar-refractivity contribution in [2.24, 2.45) is 5.92 Å². The molecule has 166 valence electrons. The Labute approximate surface area is 183 Å². The van der Waals surface area contributed by atoms with Crippen LogP contribution in [-0.2, 0) is 14.3 Å². The van der Waals surface area contributed by atoms with E-state index in [1.165, 1.54) is 0 Å². The molecule has 0 heterocycles. The van der Waals surface area contributed by atoms with Gasteiger partial charge in [0.2, 0.25) is 0 Å². The third-order valence-electron chi connectivity index (χ3n) is 4.72. The molecular weight excluding hydrogens is 396 g/mol. The van der Waals surface area contributed by atoms with E-state index in [1.54, 1.807) is 50.1 Å². The smallest absolute Gasteiger partial charge is 0.329 e. The van der Waals surface area contributed by atoms with Gasteiger partial charge in [-0.05, 0) is 56.2 Å². The van der Waals surface area contributed by atoms with Gasteiger partial charge in [0.25, 0.3) is 11.8 Å². The number of methoxy groups -OCH3 is 1. The predicted molar refractivity (Wildman–Crippen MR) is 119 cm³/mol. The van der Waals surface area contributed by atoms with Crippen LogP contribution in [0.1, 0.15) is 38.1 Å². The summed E-state index contributed by atoms with van der Waals surface area (Å²) in [7, 11) is 1.54. The van der Waals surface area contributed by atoms with Crippen LogP contribution in [0.2, 0.25) is 0 Å². The maximum absolute atomic E-state index is 12.7. The third kappa shape index (κ3) is 6.57. The van der Waals surface area contributed by atoms with Crippen molar-refractivity contribution in [3.63, 3.8) is 0 Å². The first-order valence-electron chi connectivity index (χ1n) is 10.2. The fraction of sp³-hybridized carbons (Fsp3) is 0.375. The number of ether oxygens (including phenoxy) is 2. The summed E-state index contributed by atoms with van der Waals surface area (Å²) in [4.78, 5) is 39.5. The highest BCUT2D eigenvalue weighted by molar-refractivity contribution is 5.98. The van der Waals surface area contributed by atoms with Gasteiger partial charge in [-0.25, -0.2) is 4.79 Å². The van der Waals surface area contributed by atoms with Crippen LogP contribution in [0.5, 0.6) is 5.75 Å². The monoisotopic (exact) mass is 426 g/mol. The molecule has 2 amide bonds. The van der Waals surface area contributed by atoms with E-state index in [9.17, 15) is 14.4 Å². The quantitative estimate of drug-likeness (QED) is 0.621. The molecule has 0 unspecified atom stereocenters. The summed E-state index contributed by atoms with van der Waals surface area (Å²) in [6, 6.07) is 14.8. The van der Waals surface area contributed by atoms with Crippen LogP contribution < -0.4 is 15.0 Å². The maximum atomic E-state index is 12.7. The van der Waals surface area contributed by atoms with E-state index in [2.05, 4.69) is 5.32 Å². The first-order chi connectivity index (χ1) is 14.7. The predicted octanol–water partition coefficient (Wildman–Crippen LogP) is 3.43. The molecule has 0 spiro atoms. The second-order valence-electron chi connectivity index (χ2n) is 7.72. The molecule has 0 aliphatic rings. The van der Waals surface area contributed by atoms with Crippen molar-refractivity contribution < 1.29 is 23.9 Å². The normalized spacial score (nSPS) is 11.7. The molecule has 31 heavy (non-hydrogen) atoms. The number of hydrogen-bond donors (Lipinski definition) is 1. The fourth-order valence-electron chi connectivity index (χ4n) is 3.08. The number of para-hydroxylation sites is 1. The van der Waals surface area contributed by atoms with E-state index < -0.39 is 24.5 Å². The lowest BCUT2D eigenvalue weighted by molar-refractivity contribution is -0.150. The van der Waals surface area contributed by atoms with Crippen molar-refractivity contribution in [2.45, 2.75) is 39.8 Å². The number of anilines is 1. The average molecular weight is 427 g/mol. The molecule has 0 radical (unpaired) electrons. The number of rotatable bonds is 9. The minimum absolute atomic E-state index is 0.107. The van der Waals surface area contributed by atoms with Crippen molar-refractivity contribution in [1.82, 2.24) is 5.32 Å². The number of carbonyl (C=O) groups is 3. The number of hydrogen-bond acceptors (Lipinski definition) is 5. The second kappa shape index (κ2) is 11.2. The largest absolute Gasteiger partial charge is 0.497 e. The van der Waals surface area contributed by atoms with Gasteiger partial charge in [0.05, 0.1) is 7.11 Å². The van der Waals surface area contributed by atoms with Crippen molar-refractivity contribution in [3.05, 3.63) is 60.2 Å². The molecule has 0 fully saturated rings. The molecule has 2 rings (SSSR count). The van der Waals surface area contributed by atoms with Gasteiger partial charge >= 0.3 is 5.97 Å². The van der Waals surface area contributed by atoms with Gasteiger partial charge in [-0.3, -0.25) is 9.59 Å². The average Bonchev–Trinajstić information content (AvgIpc) is 2.76. The molecule has 0 aliphatic carbocycles. The van der Waals surface area contributed by atoms with E-state index in [0.29, 0.717) is 11.3 Å². The van der Waals surface area contributed by atoms with Crippen LogP contribution in [0.4, 0.5) is 5.69 Å². The Balaban J connectivity index is 2.02. The van der Waals surface area contributed by atoms with Gasteiger partial charge in [-0.15, -0.1) is 0 Å². The molecule has 0 saturated carbocycles. The van der Waals surface area contributed by atoms with Gasteiger partial charge in [0.15, 0.2) is 6.61 Å². The molecule has 1 N–H and O–H groups in total. The Morgan fingerprint density at radius 1 is 0.935 bits per heavy atom. The lowest BCUT2D eigenvalue weighted by atomic mass is 10.0. The molecule has 0 saturated heterocycles. The fourth-order valence-corrected chi connectivity index (χ4v) is 3.08. The molecule has 0 bridgehead atoms. The van der Waals surface area contributed by atoms with Crippen molar-refractivity contribution in [2.75, 3.05) is 18.6 Å². The summed E-state index contributed by atoms with van der Waals surface area (Å²) in [5.41, 5.74) is 1.12. The van der Waals surface area contributed by atoms with Crippen LogP contribution in [0, 0.1) is 5.92 Å². The Morgan fingerprint density at radius 2 is 1.55 bits per heavy atom. The number of carbonyl (C=O) groups excluding carboxylic acids is 3. The Hall–Kier alpha value is -3.35. The number of nitrogens with one attached hydrogen (secondary N) is 1. The summed E-state index contributed by atoms with van der Waals surface area (Å²) < 4.78 is 10.4. The maximum Gasteiger partial charge on any atom is 0.329 e. The lowest BCUT2D eigenvalue weighted by Gasteiger charge is -2.27. The Kier molecular flexibility index (Phi) is 8.61. The summed E-state index contributed by atoms with van der Waals surface area (Å²) in [6.07, 6.45) is 0. The summed E-state index contributed by atoms with van der Waals surface area (Å²) in [5.74, 6) is -0.985. The zero-order valence-corrected chi connectivity index (χ0v) is 18.6. The van der Waals surface area contributed by atoms with Gasteiger partial charge in [-0.1, -0.05) is 32.0 Å². The van der Waals surface area contributed by atoms with E-state index in [0.717, 1.165) is 5.69 Å². The van der Waals surface area contributed by atoms with Crippen LogP contribution in [0.25, 0.3) is 0 Å². The summed E-state index contributed by atoms with van der Waals surface area (Å²) in [5, 5.41) is 2.70. The van der Waals surface area contributed by atoms with Gasteiger partial charge < -0.3 is 19.7 Å². The van der Waals surface area contributed by atoms with Crippen LogP contribution >= 0.6 is 0 Å². The zero-order valence-electron chi connectivity index (χ0n) is 18.6. The first-order valence-corrected chi connectivity index (χ1v) is 10.2. The molecule has 0 aliphatic heterocycles. The highest BCUT2D eigenvalue weighted by Gasteiger charge is 2.28. The Bertz CT molecular complexity index is 879. The molecule has 2 aromatic rings. The van der Waals surface area contributed by atoms with Crippen LogP contribution in [0.3, 0.4) is 0 Å². The summed E-state index contributed by atoms with van der Waals surface area (Å²) in [6.45, 7) is 6.96. The third-order valence-corrected chi connectivity index (χ3v) is 4.72. The van der Waals surface area contributed by atoms with Crippen molar-refractivity contribution >= 4 is 23.5 Å². The van der Waals surface area contributed by atoms with Gasteiger partial charge in [0.1, 0.15) is 11.8 Å². The van der Waals surface area contributed by atoms with Crippen molar-refractivity contribution in [3.8, 4) is 5.75 Å². The number of esters is 1. The van der Waals surface area contributed by atoms with Gasteiger partial charge in [0, 0.05) is 17.3 Å². The molecule has 2 aromatic carbocycles. The van der Waals surface area contributed by atoms with Gasteiger partial charge in [-0.2, -0.15) is 0 Å². The molecular formula is C24H30N2O5. The Morgan fingerprint density at radius 3 is 2.06 bits per heavy atom. The van der Waals surface area contributed by atoms with Crippen molar-refractivity contribution in [1.29, 1.82) is 0 Å². The lowest BCUT2D eigenvalue weighted by Crippen LogP contribution is -2.47. The molecule has 0 aromatic heterocycles. The second-order valence-corrected chi connectivity index (χ2v) is 7.72. The highest BCUT2D eigenvalue weighted by atomic mass is 16.5. The molecule has 7 nitrogen and oxygen atoms in total. The minimum Gasteiger partial charge on any atom is -0.497 e. The highest BCUT2D eigenvalue weighted by Crippen LogP contribution is 2.17. The van der Waals surface area contributed by atoms with Crippen LogP contribution in [0.15, 0.2) is 54.6 Å². The number of nitrogens with zero attached hydrogens (tertiary/aromatic N) is 1. The SMILES string of the molecule is COc1ccc(C(=O)N[C@H](C(=O)OCC(=O)N(c2ccccc2)C(C)C)C(C)C)cc1. The molecule has 7 heteroatoms. The first kappa shape index (κ1) is 23.9. The number of benzene rings is 2.